The average Bonchev–Trinajstić information content (AvgIpc) is 3.56. The second-order valence-electron chi connectivity index (χ2n) is 9.63. The fraction of sp³-hybridized carbons (Fsp3) is 0.407. The van der Waals surface area contributed by atoms with E-state index >= 15 is 0 Å². The third-order valence-corrected chi connectivity index (χ3v) is 7.23. The lowest BCUT2D eigenvalue weighted by atomic mass is 9.90. The Bertz CT molecular complexity index is 1180. The molecule has 5 rings (SSSR count). The van der Waals surface area contributed by atoms with Crippen LogP contribution >= 0.6 is 0 Å². The lowest BCUT2D eigenvalue weighted by Gasteiger charge is -2.39. The largest absolute Gasteiger partial charge is 0.394 e. The van der Waals surface area contributed by atoms with Crippen LogP contribution in [-0.2, 0) is 12.0 Å². The van der Waals surface area contributed by atoms with Gasteiger partial charge in [0.25, 0.3) is 0 Å². The van der Waals surface area contributed by atoms with E-state index in [2.05, 4.69) is 68.9 Å². The van der Waals surface area contributed by atoms with Gasteiger partial charge in [0.15, 0.2) is 0 Å². The van der Waals surface area contributed by atoms with Gasteiger partial charge in [0.1, 0.15) is 12.7 Å². The highest BCUT2D eigenvalue weighted by Crippen LogP contribution is 2.25. The van der Waals surface area contributed by atoms with Crippen molar-refractivity contribution >= 4 is 10.9 Å². The summed E-state index contributed by atoms with van der Waals surface area (Å²) in [6, 6.07) is 17.1. The second-order valence-corrected chi connectivity index (χ2v) is 9.63. The van der Waals surface area contributed by atoms with Crippen LogP contribution in [0, 0.1) is 0 Å². The van der Waals surface area contributed by atoms with E-state index in [4.69, 9.17) is 0 Å². The molecule has 178 valence electrons. The number of piperidine rings is 1. The van der Waals surface area contributed by atoms with Crippen LogP contribution in [0.4, 0.5) is 0 Å². The second kappa shape index (κ2) is 10.1. The van der Waals surface area contributed by atoms with Gasteiger partial charge in [0, 0.05) is 28.8 Å². The molecule has 3 N–H and O–H groups in total. The molecule has 2 aromatic heterocycles. The maximum absolute atomic E-state index is 10.1. The zero-order valence-electron chi connectivity index (χ0n) is 19.8. The van der Waals surface area contributed by atoms with E-state index in [9.17, 15) is 5.11 Å². The van der Waals surface area contributed by atoms with Crippen molar-refractivity contribution in [3.63, 3.8) is 0 Å². The smallest absolute Gasteiger partial charge is 0.123 e. The van der Waals surface area contributed by atoms with E-state index in [1.54, 1.807) is 12.7 Å². The minimum Gasteiger partial charge on any atom is -0.394 e. The summed E-state index contributed by atoms with van der Waals surface area (Å²) in [5.41, 5.74) is 4.37. The van der Waals surface area contributed by atoms with Crippen molar-refractivity contribution < 1.29 is 5.11 Å². The maximum Gasteiger partial charge on any atom is 0.123 e. The van der Waals surface area contributed by atoms with Crippen molar-refractivity contribution in [1.82, 2.24) is 30.0 Å². The number of aliphatic hydroxyl groups excluding tert-OH is 1. The van der Waals surface area contributed by atoms with Crippen LogP contribution in [-0.4, -0.2) is 62.0 Å². The minimum atomic E-state index is -0.394. The molecule has 7 nitrogen and oxygen atoms in total. The quantitative estimate of drug-likeness (QED) is 0.357. The summed E-state index contributed by atoms with van der Waals surface area (Å²) < 4.78 is 1.94. The van der Waals surface area contributed by atoms with Crippen LogP contribution in [0.5, 0.6) is 0 Å². The highest BCUT2D eigenvalue weighted by atomic mass is 16.3. The molecule has 1 unspecified atom stereocenters. The molecular weight excluding hydrogens is 424 g/mol. The Morgan fingerprint density at radius 1 is 1.09 bits per heavy atom. The zero-order valence-corrected chi connectivity index (χ0v) is 19.8. The summed E-state index contributed by atoms with van der Waals surface area (Å²) in [4.78, 5) is 5.99. The number of aromatic nitrogens is 4. The lowest BCUT2D eigenvalue weighted by molar-refractivity contribution is 0.128. The Labute approximate surface area is 200 Å². The van der Waals surface area contributed by atoms with Crippen molar-refractivity contribution in [3.8, 4) is 5.69 Å². The van der Waals surface area contributed by atoms with Crippen molar-refractivity contribution in [3.05, 3.63) is 78.5 Å². The molecular formula is C27H34N6O. The van der Waals surface area contributed by atoms with Gasteiger partial charge in [0.2, 0.25) is 0 Å². The van der Waals surface area contributed by atoms with E-state index in [-0.39, 0.29) is 6.61 Å². The van der Waals surface area contributed by atoms with E-state index in [1.807, 2.05) is 22.8 Å². The van der Waals surface area contributed by atoms with Crippen molar-refractivity contribution in [2.45, 2.75) is 44.2 Å². The fourth-order valence-corrected chi connectivity index (χ4v) is 5.14. The van der Waals surface area contributed by atoms with E-state index in [1.165, 1.54) is 16.5 Å². The van der Waals surface area contributed by atoms with Gasteiger partial charge in [0.05, 0.1) is 12.1 Å². The lowest BCUT2D eigenvalue weighted by Crippen LogP contribution is -2.52. The third-order valence-electron chi connectivity index (χ3n) is 7.23. The minimum absolute atomic E-state index is 0.0981. The van der Waals surface area contributed by atoms with Gasteiger partial charge in [-0.15, -0.1) is 10.2 Å². The number of nitrogens with one attached hydrogen (secondary N) is 2. The number of nitrogens with zero attached hydrogens (tertiary/aromatic N) is 4. The molecule has 1 atom stereocenters. The van der Waals surface area contributed by atoms with Gasteiger partial charge in [-0.1, -0.05) is 30.3 Å². The van der Waals surface area contributed by atoms with Crippen molar-refractivity contribution in [2.75, 3.05) is 26.2 Å². The highest BCUT2D eigenvalue weighted by Gasteiger charge is 2.30. The molecule has 2 aromatic carbocycles. The molecule has 7 heteroatoms. The van der Waals surface area contributed by atoms with Crippen LogP contribution in [0.2, 0.25) is 0 Å². The highest BCUT2D eigenvalue weighted by molar-refractivity contribution is 5.85. The Morgan fingerprint density at radius 3 is 2.59 bits per heavy atom. The van der Waals surface area contributed by atoms with Gasteiger partial charge in [-0.25, -0.2) is 0 Å². The molecule has 0 amide bonds. The summed E-state index contributed by atoms with van der Waals surface area (Å²) in [5, 5.41) is 22.9. The number of fused-ring (bicyclic) bond motifs is 1. The summed E-state index contributed by atoms with van der Waals surface area (Å²) in [7, 11) is 0. The Morgan fingerprint density at radius 2 is 1.85 bits per heavy atom. The first kappa shape index (κ1) is 22.8. The van der Waals surface area contributed by atoms with Gasteiger partial charge in [-0.3, -0.25) is 4.57 Å². The SMILES string of the molecule is CC(CO)(NC1CCN(CCCc2c[nH]c3ccc(-n4cnnc4)cc23)CC1)c1ccccc1. The maximum atomic E-state index is 10.1. The monoisotopic (exact) mass is 458 g/mol. The predicted molar refractivity (Wildman–Crippen MR) is 135 cm³/mol. The number of benzene rings is 2. The molecule has 1 fully saturated rings. The average molecular weight is 459 g/mol. The topological polar surface area (TPSA) is 82.0 Å². The van der Waals surface area contributed by atoms with Crippen LogP contribution < -0.4 is 5.32 Å². The molecule has 0 bridgehead atoms. The molecule has 3 heterocycles. The molecule has 34 heavy (non-hydrogen) atoms. The molecule has 1 aliphatic heterocycles. The fourth-order valence-electron chi connectivity index (χ4n) is 5.14. The molecule has 0 aliphatic carbocycles. The molecule has 0 spiro atoms. The van der Waals surface area contributed by atoms with E-state index in [0.717, 1.165) is 56.6 Å². The number of likely N-dealkylation sites (tertiary alicyclic amines) is 1. The van der Waals surface area contributed by atoms with Gasteiger partial charge in [-0.2, -0.15) is 0 Å². The van der Waals surface area contributed by atoms with Gasteiger partial charge >= 0.3 is 0 Å². The first-order valence-corrected chi connectivity index (χ1v) is 12.3. The van der Waals surface area contributed by atoms with E-state index in [0.29, 0.717) is 6.04 Å². The molecule has 1 saturated heterocycles. The first-order valence-electron chi connectivity index (χ1n) is 12.3. The first-order chi connectivity index (χ1) is 16.6. The van der Waals surface area contributed by atoms with E-state index < -0.39 is 5.54 Å². The summed E-state index contributed by atoms with van der Waals surface area (Å²) in [6.07, 6.45) is 10.0. The number of hydrogen-bond acceptors (Lipinski definition) is 5. The van der Waals surface area contributed by atoms with Crippen LogP contribution in [0.1, 0.15) is 37.3 Å². The summed E-state index contributed by atoms with van der Waals surface area (Å²) in [6.45, 7) is 5.51. The number of aliphatic hydroxyl groups is 1. The third kappa shape index (κ3) is 4.92. The number of rotatable bonds is 9. The normalized spacial score (nSPS) is 17.2. The predicted octanol–water partition coefficient (Wildman–Crippen LogP) is 3.64. The Kier molecular flexibility index (Phi) is 6.76. The number of aryl methyl sites for hydroxylation is 1. The van der Waals surface area contributed by atoms with Gasteiger partial charge < -0.3 is 20.3 Å². The molecule has 0 saturated carbocycles. The Hall–Kier alpha value is -3.00. The van der Waals surface area contributed by atoms with Gasteiger partial charge in [-0.05, 0) is 81.6 Å². The summed E-state index contributed by atoms with van der Waals surface area (Å²) in [5.74, 6) is 0. The van der Waals surface area contributed by atoms with Crippen LogP contribution in [0.15, 0.2) is 67.4 Å². The Balaban J connectivity index is 1.12. The summed E-state index contributed by atoms with van der Waals surface area (Å²) >= 11 is 0. The number of aromatic amines is 1. The standard InChI is InChI=1S/C27H34N6O/c1-27(18-34,22-7-3-2-4-8-22)31-23-11-14-32(15-12-23)13-5-6-21-17-28-26-10-9-24(16-25(21)26)33-19-29-30-20-33/h2-4,7-10,16-17,19-20,23,28,31,34H,5-6,11-15,18H2,1H3. The van der Waals surface area contributed by atoms with Crippen molar-refractivity contribution in [1.29, 1.82) is 0 Å². The number of hydrogen-bond donors (Lipinski definition) is 3. The van der Waals surface area contributed by atoms with Crippen molar-refractivity contribution in [2.24, 2.45) is 0 Å². The van der Waals surface area contributed by atoms with Crippen LogP contribution in [0.25, 0.3) is 16.6 Å². The van der Waals surface area contributed by atoms with Crippen LogP contribution in [0.3, 0.4) is 0 Å². The number of H-pyrrole nitrogens is 1. The molecule has 0 radical (unpaired) electrons. The molecule has 1 aliphatic rings. The molecule has 4 aromatic rings. The zero-order chi connectivity index (χ0) is 23.4.